The molecule has 1 aromatic heterocycles. The van der Waals surface area contributed by atoms with Crippen LogP contribution in [0.25, 0.3) is 0 Å². The first-order valence-electron chi connectivity index (χ1n) is 7.12. The molecule has 1 aliphatic heterocycles. The molecular formula is C15H24ClN3. The first kappa shape index (κ1) is 14.6. The lowest BCUT2D eigenvalue weighted by Gasteiger charge is -2.29. The molecule has 1 saturated heterocycles. The van der Waals surface area contributed by atoms with Gasteiger partial charge in [-0.1, -0.05) is 20.8 Å². The molecule has 2 heterocycles. The zero-order valence-corrected chi connectivity index (χ0v) is 13.0. The maximum atomic E-state index is 5.83. The van der Waals surface area contributed by atoms with Crippen molar-refractivity contribution in [1.29, 1.82) is 0 Å². The fraction of sp³-hybridized carbons (Fsp3) is 0.733. The highest BCUT2D eigenvalue weighted by Gasteiger charge is 2.27. The van der Waals surface area contributed by atoms with Crippen LogP contribution in [0.4, 0.5) is 5.82 Å². The Bertz CT molecular complexity index is 414. The van der Waals surface area contributed by atoms with Crippen LogP contribution in [0.15, 0.2) is 12.4 Å². The largest absolute Gasteiger partial charge is 0.355 e. The summed E-state index contributed by atoms with van der Waals surface area (Å²) in [6, 6.07) is 0. The van der Waals surface area contributed by atoms with E-state index in [4.69, 9.17) is 11.6 Å². The van der Waals surface area contributed by atoms with E-state index < -0.39 is 0 Å². The summed E-state index contributed by atoms with van der Waals surface area (Å²) in [7, 11) is 0. The number of aromatic nitrogens is 2. The molecule has 1 unspecified atom stereocenters. The number of rotatable bonds is 2. The molecule has 106 valence electrons. The molecule has 0 aromatic carbocycles. The number of halogens is 1. The van der Waals surface area contributed by atoms with Gasteiger partial charge in [0.1, 0.15) is 5.82 Å². The molecule has 1 aliphatic rings. The quantitative estimate of drug-likeness (QED) is 0.771. The second-order valence-corrected chi connectivity index (χ2v) is 6.75. The molecule has 0 saturated carbocycles. The van der Waals surface area contributed by atoms with Gasteiger partial charge in [-0.2, -0.15) is 0 Å². The first-order chi connectivity index (χ1) is 9.00. The number of hydrogen-bond donors (Lipinski definition) is 0. The first-order valence-corrected chi connectivity index (χ1v) is 7.66. The predicted octanol–water partition coefficient (Wildman–Crippen LogP) is 3.87. The van der Waals surface area contributed by atoms with Crippen LogP contribution in [0.1, 0.15) is 45.7 Å². The standard InChI is InChI=1S/C15H24ClN3/c1-15(2,3)12-5-4-7-19(8-6-12)14-11-17-10-13(9-16)18-14/h10-12H,4-9H2,1-3H3. The lowest BCUT2D eigenvalue weighted by Crippen LogP contribution is -2.27. The number of nitrogens with zero attached hydrogens (tertiary/aromatic N) is 3. The zero-order chi connectivity index (χ0) is 13.9. The van der Waals surface area contributed by atoms with Crippen LogP contribution in [0, 0.1) is 11.3 Å². The van der Waals surface area contributed by atoms with Gasteiger partial charge in [-0.05, 0) is 30.6 Å². The highest BCUT2D eigenvalue weighted by Crippen LogP contribution is 2.34. The molecule has 1 atom stereocenters. The summed E-state index contributed by atoms with van der Waals surface area (Å²) < 4.78 is 0. The van der Waals surface area contributed by atoms with Gasteiger partial charge >= 0.3 is 0 Å². The van der Waals surface area contributed by atoms with Crippen molar-refractivity contribution >= 4 is 17.4 Å². The molecule has 0 radical (unpaired) electrons. The molecule has 0 aliphatic carbocycles. The van der Waals surface area contributed by atoms with Gasteiger partial charge in [0.15, 0.2) is 0 Å². The van der Waals surface area contributed by atoms with Gasteiger partial charge in [-0.3, -0.25) is 4.98 Å². The van der Waals surface area contributed by atoms with Crippen LogP contribution >= 0.6 is 11.6 Å². The smallest absolute Gasteiger partial charge is 0.147 e. The minimum Gasteiger partial charge on any atom is -0.355 e. The van der Waals surface area contributed by atoms with E-state index in [9.17, 15) is 0 Å². The molecule has 4 heteroatoms. The number of alkyl halides is 1. The van der Waals surface area contributed by atoms with Gasteiger partial charge < -0.3 is 4.90 Å². The molecule has 0 spiro atoms. The van der Waals surface area contributed by atoms with E-state index in [0.29, 0.717) is 11.3 Å². The molecule has 3 nitrogen and oxygen atoms in total. The lowest BCUT2D eigenvalue weighted by atomic mass is 9.77. The summed E-state index contributed by atoms with van der Waals surface area (Å²) in [5.74, 6) is 2.20. The third kappa shape index (κ3) is 3.82. The van der Waals surface area contributed by atoms with Crippen molar-refractivity contribution in [2.75, 3.05) is 18.0 Å². The Morgan fingerprint density at radius 2 is 2.05 bits per heavy atom. The Balaban J connectivity index is 2.06. The van der Waals surface area contributed by atoms with E-state index in [0.717, 1.165) is 30.5 Å². The summed E-state index contributed by atoms with van der Waals surface area (Å²) in [6.07, 6.45) is 7.37. The topological polar surface area (TPSA) is 29.0 Å². The monoisotopic (exact) mass is 281 g/mol. The molecule has 0 amide bonds. The maximum Gasteiger partial charge on any atom is 0.147 e. The van der Waals surface area contributed by atoms with Gasteiger partial charge in [0, 0.05) is 19.3 Å². The van der Waals surface area contributed by atoms with Crippen LogP contribution in [0.5, 0.6) is 0 Å². The lowest BCUT2D eigenvalue weighted by molar-refractivity contribution is 0.220. The third-order valence-electron chi connectivity index (χ3n) is 4.09. The molecule has 1 fully saturated rings. The van der Waals surface area contributed by atoms with Crippen molar-refractivity contribution < 1.29 is 0 Å². The van der Waals surface area contributed by atoms with Crippen molar-refractivity contribution in [3.63, 3.8) is 0 Å². The van der Waals surface area contributed by atoms with E-state index in [1.807, 2.05) is 6.20 Å². The fourth-order valence-corrected chi connectivity index (χ4v) is 2.93. The Labute approximate surface area is 121 Å². The molecule has 1 aromatic rings. The van der Waals surface area contributed by atoms with E-state index in [2.05, 4.69) is 35.6 Å². The van der Waals surface area contributed by atoms with Crippen molar-refractivity contribution in [2.45, 2.75) is 45.9 Å². The van der Waals surface area contributed by atoms with Gasteiger partial charge in [0.2, 0.25) is 0 Å². The molecule has 0 N–H and O–H groups in total. The van der Waals surface area contributed by atoms with Crippen LogP contribution in [0.2, 0.25) is 0 Å². The average molecular weight is 282 g/mol. The Hall–Kier alpha value is -0.830. The minimum atomic E-state index is 0.402. The van der Waals surface area contributed by atoms with E-state index >= 15 is 0 Å². The van der Waals surface area contributed by atoms with Crippen molar-refractivity contribution in [2.24, 2.45) is 11.3 Å². The summed E-state index contributed by atoms with van der Waals surface area (Å²) in [5.41, 5.74) is 1.26. The van der Waals surface area contributed by atoms with Gasteiger partial charge in [-0.25, -0.2) is 4.98 Å². The normalized spacial score (nSPS) is 21.3. The molecule has 2 rings (SSSR count). The highest BCUT2D eigenvalue weighted by molar-refractivity contribution is 6.16. The van der Waals surface area contributed by atoms with Crippen LogP contribution in [-0.4, -0.2) is 23.1 Å². The second kappa shape index (κ2) is 6.08. The summed E-state index contributed by atoms with van der Waals surface area (Å²) >= 11 is 5.83. The van der Waals surface area contributed by atoms with Gasteiger partial charge in [0.25, 0.3) is 0 Å². The van der Waals surface area contributed by atoms with Crippen molar-refractivity contribution in [3.05, 3.63) is 18.1 Å². The Morgan fingerprint density at radius 1 is 1.26 bits per heavy atom. The van der Waals surface area contributed by atoms with Gasteiger partial charge in [0.05, 0.1) is 17.8 Å². The summed E-state index contributed by atoms with van der Waals surface area (Å²) in [4.78, 5) is 11.2. The fourth-order valence-electron chi connectivity index (χ4n) is 2.80. The highest BCUT2D eigenvalue weighted by atomic mass is 35.5. The average Bonchev–Trinajstić information content (AvgIpc) is 2.64. The third-order valence-corrected chi connectivity index (χ3v) is 4.36. The van der Waals surface area contributed by atoms with Crippen molar-refractivity contribution in [1.82, 2.24) is 9.97 Å². The molecule has 0 bridgehead atoms. The number of hydrogen-bond acceptors (Lipinski definition) is 3. The minimum absolute atomic E-state index is 0.402. The van der Waals surface area contributed by atoms with Gasteiger partial charge in [-0.15, -0.1) is 11.6 Å². The molecule has 19 heavy (non-hydrogen) atoms. The van der Waals surface area contributed by atoms with Crippen molar-refractivity contribution in [3.8, 4) is 0 Å². The van der Waals surface area contributed by atoms with Crippen LogP contribution < -0.4 is 4.90 Å². The van der Waals surface area contributed by atoms with E-state index in [1.54, 1.807) is 6.20 Å². The van der Waals surface area contributed by atoms with Crippen LogP contribution in [-0.2, 0) is 5.88 Å². The maximum absolute atomic E-state index is 5.83. The number of anilines is 1. The summed E-state index contributed by atoms with van der Waals surface area (Å²) in [6.45, 7) is 9.19. The molecular weight excluding hydrogens is 258 g/mol. The SMILES string of the molecule is CC(C)(C)C1CCCN(c2cncc(CCl)n2)CC1. The van der Waals surface area contributed by atoms with E-state index in [-0.39, 0.29) is 0 Å². The Morgan fingerprint density at radius 3 is 2.74 bits per heavy atom. The predicted molar refractivity (Wildman–Crippen MR) is 80.6 cm³/mol. The van der Waals surface area contributed by atoms with E-state index in [1.165, 1.54) is 19.3 Å². The summed E-state index contributed by atoms with van der Waals surface area (Å²) in [5, 5.41) is 0. The zero-order valence-electron chi connectivity index (χ0n) is 12.2. The Kier molecular flexibility index (Phi) is 4.67. The van der Waals surface area contributed by atoms with Crippen LogP contribution in [0.3, 0.4) is 0 Å². The second-order valence-electron chi connectivity index (χ2n) is 6.48.